The molecule has 0 aromatic rings. The SMILES string of the molecule is CCCCC(=C=C(C)C#N)CCCC. The van der Waals surface area contributed by atoms with Crippen LogP contribution in [0.2, 0.25) is 0 Å². The standard InChI is InChI=1S/C13H21N/c1-4-6-8-13(9-7-5-2)10-12(3)11-14/h4-9H2,1-3H3. The van der Waals surface area contributed by atoms with E-state index in [9.17, 15) is 0 Å². The molecule has 1 heteroatoms. The fourth-order valence-corrected chi connectivity index (χ4v) is 1.32. The summed E-state index contributed by atoms with van der Waals surface area (Å²) in [6.45, 7) is 6.22. The second kappa shape index (κ2) is 8.60. The van der Waals surface area contributed by atoms with E-state index in [2.05, 4.69) is 25.6 Å². The fourth-order valence-electron chi connectivity index (χ4n) is 1.32. The van der Waals surface area contributed by atoms with Crippen molar-refractivity contribution in [1.82, 2.24) is 0 Å². The van der Waals surface area contributed by atoms with Gasteiger partial charge >= 0.3 is 0 Å². The molecular formula is C13H21N. The number of hydrogen-bond donors (Lipinski definition) is 0. The third kappa shape index (κ3) is 6.52. The van der Waals surface area contributed by atoms with Gasteiger partial charge in [-0.25, -0.2) is 0 Å². The summed E-state index contributed by atoms with van der Waals surface area (Å²) in [6, 6.07) is 2.13. The normalized spacial score (nSPS) is 9.00. The predicted octanol–water partition coefficient (Wildman–Crippen LogP) is 4.36. The molecule has 78 valence electrons. The first-order valence-corrected chi connectivity index (χ1v) is 5.59. The highest BCUT2D eigenvalue weighted by Crippen LogP contribution is 2.14. The number of rotatable bonds is 6. The number of hydrogen-bond acceptors (Lipinski definition) is 1. The average molecular weight is 191 g/mol. The Kier molecular flexibility index (Phi) is 7.99. The van der Waals surface area contributed by atoms with Gasteiger partial charge in [-0.15, -0.1) is 5.73 Å². The summed E-state index contributed by atoms with van der Waals surface area (Å²) in [5, 5.41) is 8.67. The maximum Gasteiger partial charge on any atom is 0.103 e. The number of unbranched alkanes of at least 4 members (excludes halogenated alkanes) is 2. The Hall–Kier alpha value is -0.990. The summed E-state index contributed by atoms with van der Waals surface area (Å²) >= 11 is 0. The predicted molar refractivity (Wildman–Crippen MR) is 60.9 cm³/mol. The van der Waals surface area contributed by atoms with Crippen molar-refractivity contribution >= 4 is 0 Å². The summed E-state index contributed by atoms with van der Waals surface area (Å²) < 4.78 is 0. The average Bonchev–Trinajstić information content (AvgIpc) is 2.21. The largest absolute Gasteiger partial charge is 0.192 e. The highest BCUT2D eigenvalue weighted by molar-refractivity contribution is 5.20. The van der Waals surface area contributed by atoms with E-state index in [1.165, 1.54) is 31.3 Å². The molecule has 0 aliphatic rings. The van der Waals surface area contributed by atoms with E-state index in [1.807, 2.05) is 6.92 Å². The van der Waals surface area contributed by atoms with E-state index in [4.69, 9.17) is 5.26 Å². The second-order valence-corrected chi connectivity index (χ2v) is 3.67. The first-order chi connectivity index (χ1) is 6.74. The molecule has 0 N–H and O–H groups in total. The van der Waals surface area contributed by atoms with E-state index < -0.39 is 0 Å². The summed E-state index contributed by atoms with van der Waals surface area (Å²) in [5.41, 5.74) is 5.25. The zero-order chi connectivity index (χ0) is 10.8. The van der Waals surface area contributed by atoms with E-state index in [0.29, 0.717) is 5.57 Å². The third-order valence-electron chi connectivity index (χ3n) is 2.20. The molecule has 0 aliphatic heterocycles. The van der Waals surface area contributed by atoms with Gasteiger partial charge in [-0.2, -0.15) is 5.26 Å². The molecule has 1 nitrogen and oxygen atoms in total. The summed E-state index contributed by atoms with van der Waals surface area (Å²) in [5.74, 6) is 0. The smallest absolute Gasteiger partial charge is 0.103 e. The lowest BCUT2D eigenvalue weighted by Gasteiger charge is -2.02. The van der Waals surface area contributed by atoms with Crippen LogP contribution in [-0.2, 0) is 0 Å². The van der Waals surface area contributed by atoms with Crippen molar-refractivity contribution in [2.24, 2.45) is 0 Å². The first kappa shape index (κ1) is 13.0. The van der Waals surface area contributed by atoms with Gasteiger partial charge in [0.1, 0.15) is 6.07 Å². The lowest BCUT2D eigenvalue weighted by atomic mass is 10.0. The van der Waals surface area contributed by atoms with Crippen LogP contribution in [0.15, 0.2) is 16.9 Å². The van der Waals surface area contributed by atoms with Gasteiger partial charge in [0.05, 0.1) is 5.57 Å². The molecule has 0 rings (SSSR count). The monoisotopic (exact) mass is 191 g/mol. The van der Waals surface area contributed by atoms with Crippen molar-refractivity contribution in [3.05, 3.63) is 16.9 Å². The Morgan fingerprint density at radius 1 is 1.07 bits per heavy atom. The molecule has 0 saturated carbocycles. The molecule has 0 saturated heterocycles. The Morgan fingerprint density at radius 2 is 1.57 bits per heavy atom. The van der Waals surface area contributed by atoms with Gasteiger partial charge in [0.2, 0.25) is 0 Å². The lowest BCUT2D eigenvalue weighted by Crippen LogP contribution is -1.84. The maximum absolute atomic E-state index is 8.67. The Balaban J connectivity index is 4.39. The Bertz CT molecular complexity index is 239. The Labute approximate surface area is 88.1 Å². The van der Waals surface area contributed by atoms with Crippen molar-refractivity contribution in [3.63, 3.8) is 0 Å². The minimum atomic E-state index is 0.715. The minimum absolute atomic E-state index is 0.715. The van der Waals surface area contributed by atoms with Crippen molar-refractivity contribution in [2.45, 2.75) is 59.3 Å². The lowest BCUT2D eigenvalue weighted by molar-refractivity contribution is 0.714. The van der Waals surface area contributed by atoms with Crippen LogP contribution in [0.5, 0.6) is 0 Å². The molecular weight excluding hydrogens is 170 g/mol. The Morgan fingerprint density at radius 3 is 1.93 bits per heavy atom. The number of allylic oxidation sites excluding steroid dienone is 1. The fraction of sp³-hybridized carbons (Fsp3) is 0.692. The molecule has 0 aliphatic carbocycles. The van der Waals surface area contributed by atoms with Crippen molar-refractivity contribution in [3.8, 4) is 6.07 Å². The van der Waals surface area contributed by atoms with Crippen molar-refractivity contribution in [1.29, 1.82) is 5.26 Å². The highest BCUT2D eigenvalue weighted by Gasteiger charge is 1.96. The molecule has 14 heavy (non-hydrogen) atoms. The molecule has 0 heterocycles. The van der Waals surface area contributed by atoms with Crippen molar-refractivity contribution < 1.29 is 0 Å². The molecule has 0 radical (unpaired) electrons. The van der Waals surface area contributed by atoms with E-state index in [1.54, 1.807) is 0 Å². The molecule has 0 amide bonds. The molecule has 0 aromatic carbocycles. The maximum atomic E-state index is 8.67. The van der Waals surface area contributed by atoms with Crippen LogP contribution in [0.1, 0.15) is 59.3 Å². The van der Waals surface area contributed by atoms with Crippen LogP contribution < -0.4 is 0 Å². The molecule has 0 atom stereocenters. The summed E-state index contributed by atoms with van der Waals surface area (Å²) in [7, 11) is 0. The van der Waals surface area contributed by atoms with Crippen LogP contribution in [0.3, 0.4) is 0 Å². The van der Waals surface area contributed by atoms with Crippen LogP contribution in [0, 0.1) is 11.3 Å². The summed E-state index contributed by atoms with van der Waals surface area (Å²) in [4.78, 5) is 0. The van der Waals surface area contributed by atoms with E-state index in [-0.39, 0.29) is 0 Å². The zero-order valence-corrected chi connectivity index (χ0v) is 9.69. The molecule has 0 spiro atoms. The van der Waals surface area contributed by atoms with E-state index >= 15 is 0 Å². The van der Waals surface area contributed by atoms with Crippen molar-refractivity contribution in [2.75, 3.05) is 0 Å². The third-order valence-corrected chi connectivity index (χ3v) is 2.20. The van der Waals surface area contributed by atoms with Crippen LogP contribution in [0.4, 0.5) is 0 Å². The van der Waals surface area contributed by atoms with Gasteiger partial charge in [0.25, 0.3) is 0 Å². The molecule has 0 unspecified atom stereocenters. The topological polar surface area (TPSA) is 23.8 Å². The first-order valence-electron chi connectivity index (χ1n) is 5.59. The van der Waals surface area contributed by atoms with E-state index in [0.717, 1.165) is 12.8 Å². The van der Waals surface area contributed by atoms with Gasteiger partial charge in [-0.05, 0) is 38.2 Å². The zero-order valence-electron chi connectivity index (χ0n) is 9.69. The highest BCUT2D eigenvalue weighted by atomic mass is 14.2. The molecule has 0 aromatic heterocycles. The molecule has 0 fully saturated rings. The second-order valence-electron chi connectivity index (χ2n) is 3.67. The quantitative estimate of drug-likeness (QED) is 0.452. The number of nitriles is 1. The number of nitrogens with zero attached hydrogens (tertiary/aromatic N) is 1. The van der Waals surface area contributed by atoms with Crippen LogP contribution in [-0.4, -0.2) is 0 Å². The molecule has 0 bridgehead atoms. The van der Waals surface area contributed by atoms with Gasteiger partial charge in [-0.3, -0.25) is 0 Å². The van der Waals surface area contributed by atoms with Gasteiger partial charge in [0, 0.05) is 0 Å². The minimum Gasteiger partial charge on any atom is -0.192 e. The van der Waals surface area contributed by atoms with Gasteiger partial charge < -0.3 is 0 Å². The van der Waals surface area contributed by atoms with Gasteiger partial charge in [0.15, 0.2) is 0 Å². The van der Waals surface area contributed by atoms with Crippen LogP contribution >= 0.6 is 0 Å². The van der Waals surface area contributed by atoms with Crippen LogP contribution in [0.25, 0.3) is 0 Å². The summed E-state index contributed by atoms with van der Waals surface area (Å²) in [6.07, 6.45) is 7.06. The van der Waals surface area contributed by atoms with Gasteiger partial charge in [-0.1, -0.05) is 26.7 Å².